The highest BCUT2D eigenvalue weighted by Gasteiger charge is 2.25. The molecule has 0 amide bonds. The maximum Gasteiger partial charge on any atom is 0.265 e. The third-order valence-electron chi connectivity index (χ3n) is 6.08. The highest BCUT2D eigenvalue weighted by Crippen LogP contribution is 2.42. The number of pyridine rings is 2. The summed E-state index contributed by atoms with van der Waals surface area (Å²) in [7, 11) is 0. The van der Waals surface area contributed by atoms with E-state index in [2.05, 4.69) is 24.1 Å². The molecule has 2 aromatic carbocycles. The van der Waals surface area contributed by atoms with Gasteiger partial charge in [-0.1, -0.05) is 26.0 Å². The molecular formula is C29H26FN3O3S. The number of halogens is 1. The Morgan fingerprint density at radius 3 is 2.62 bits per heavy atom. The van der Waals surface area contributed by atoms with Gasteiger partial charge in [-0.2, -0.15) is 0 Å². The van der Waals surface area contributed by atoms with Crippen molar-refractivity contribution in [3.8, 4) is 17.2 Å². The van der Waals surface area contributed by atoms with Crippen molar-refractivity contribution in [2.75, 3.05) is 17.6 Å². The molecule has 0 saturated carbocycles. The highest BCUT2D eigenvalue weighted by molar-refractivity contribution is 7.99. The number of aromatic nitrogens is 2. The van der Waals surface area contributed by atoms with Crippen LogP contribution in [0, 0.1) is 11.2 Å². The van der Waals surface area contributed by atoms with Crippen molar-refractivity contribution in [2.45, 2.75) is 25.2 Å². The van der Waals surface area contributed by atoms with Crippen LogP contribution in [0.25, 0.3) is 5.69 Å². The molecule has 1 aliphatic heterocycles. The maximum atomic E-state index is 13.3. The normalized spacial score (nSPS) is 14.2. The number of benzene rings is 2. The number of Topliss-reactive ketones (excluding diaryl/α,β-unsaturated/α-hetero) is 1. The average Bonchev–Trinajstić information content (AvgIpc) is 3.04. The molecule has 0 bridgehead atoms. The quantitative estimate of drug-likeness (QED) is 0.311. The Balaban J connectivity index is 1.30. The number of anilines is 1. The van der Waals surface area contributed by atoms with Gasteiger partial charge in [0.1, 0.15) is 23.1 Å². The molecule has 0 atom stereocenters. The molecule has 0 radical (unpaired) electrons. The summed E-state index contributed by atoms with van der Waals surface area (Å²) in [6.07, 6.45) is 3.36. The molecule has 0 unspecified atom stereocenters. The van der Waals surface area contributed by atoms with Gasteiger partial charge >= 0.3 is 0 Å². The number of carbonyl (C=O) groups is 1. The van der Waals surface area contributed by atoms with E-state index in [1.54, 1.807) is 30.2 Å². The Morgan fingerprint density at radius 2 is 1.86 bits per heavy atom. The van der Waals surface area contributed by atoms with E-state index in [1.165, 1.54) is 34.9 Å². The first kappa shape index (κ1) is 24.8. The first-order chi connectivity index (χ1) is 17.8. The van der Waals surface area contributed by atoms with Crippen LogP contribution in [-0.4, -0.2) is 27.6 Å². The van der Waals surface area contributed by atoms with Crippen molar-refractivity contribution in [1.82, 2.24) is 9.55 Å². The standard InChI is InChI=1S/C29H26FN3O3S/c1-29(2)17-32-27-26(37-18-29)25(13-14-31-27)36-22-11-5-19(6-12-22)16-24(34)23-4-3-15-33(28(23)35)21-9-7-20(30)8-10-21/h3-15H,16-18H2,1-2H3,(H,31,32). The lowest BCUT2D eigenvalue weighted by Crippen LogP contribution is -2.25. The Morgan fingerprint density at radius 1 is 1.11 bits per heavy atom. The molecular weight excluding hydrogens is 489 g/mol. The highest BCUT2D eigenvalue weighted by atomic mass is 32.2. The van der Waals surface area contributed by atoms with E-state index >= 15 is 0 Å². The van der Waals surface area contributed by atoms with Crippen molar-refractivity contribution in [3.05, 3.63) is 106 Å². The van der Waals surface area contributed by atoms with E-state index in [0.29, 0.717) is 11.4 Å². The Kier molecular flexibility index (Phi) is 6.84. The van der Waals surface area contributed by atoms with Crippen LogP contribution < -0.4 is 15.6 Å². The van der Waals surface area contributed by atoms with Crippen LogP contribution in [0.2, 0.25) is 0 Å². The average molecular weight is 516 g/mol. The molecule has 6 nitrogen and oxygen atoms in total. The van der Waals surface area contributed by atoms with Crippen LogP contribution in [0.3, 0.4) is 0 Å². The van der Waals surface area contributed by atoms with Crippen LogP contribution in [-0.2, 0) is 6.42 Å². The Hall–Kier alpha value is -3.91. The third kappa shape index (κ3) is 5.59. The van der Waals surface area contributed by atoms with Gasteiger partial charge in [0.05, 0.1) is 10.5 Å². The summed E-state index contributed by atoms with van der Waals surface area (Å²) in [5.41, 5.74) is 1.04. The van der Waals surface area contributed by atoms with Gasteiger partial charge < -0.3 is 10.1 Å². The second kappa shape index (κ2) is 10.2. The smallest absolute Gasteiger partial charge is 0.265 e. The van der Waals surface area contributed by atoms with Crippen molar-refractivity contribution in [3.63, 3.8) is 0 Å². The topological polar surface area (TPSA) is 73.2 Å². The van der Waals surface area contributed by atoms with Gasteiger partial charge in [0, 0.05) is 42.9 Å². The largest absolute Gasteiger partial charge is 0.456 e. The predicted molar refractivity (Wildman–Crippen MR) is 144 cm³/mol. The summed E-state index contributed by atoms with van der Waals surface area (Å²) in [6.45, 7) is 5.27. The van der Waals surface area contributed by atoms with Gasteiger partial charge in [0.25, 0.3) is 5.56 Å². The summed E-state index contributed by atoms with van der Waals surface area (Å²) in [5, 5.41) is 3.42. The van der Waals surface area contributed by atoms with Crippen molar-refractivity contribution in [1.29, 1.82) is 0 Å². The third-order valence-corrected chi connectivity index (χ3v) is 7.69. The fraction of sp³-hybridized carbons (Fsp3) is 0.207. The van der Waals surface area contributed by atoms with Gasteiger partial charge in [0.2, 0.25) is 0 Å². The van der Waals surface area contributed by atoms with Crippen molar-refractivity contribution in [2.24, 2.45) is 5.41 Å². The fourth-order valence-corrected chi connectivity index (χ4v) is 5.16. The predicted octanol–water partition coefficient (Wildman–Crippen LogP) is 6.13. The molecule has 0 saturated heterocycles. The van der Waals surface area contributed by atoms with Crippen LogP contribution in [0.15, 0.2) is 88.8 Å². The van der Waals surface area contributed by atoms with Gasteiger partial charge in [-0.15, -0.1) is 11.8 Å². The number of thioether (sulfide) groups is 1. The number of ketones is 1. The molecule has 37 heavy (non-hydrogen) atoms. The van der Waals surface area contributed by atoms with E-state index < -0.39 is 11.4 Å². The summed E-state index contributed by atoms with van der Waals surface area (Å²) in [6, 6.07) is 17.8. The van der Waals surface area contributed by atoms with Crippen LogP contribution in [0.4, 0.5) is 10.2 Å². The second-order valence-corrected chi connectivity index (χ2v) is 10.7. The van der Waals surface area contributed by atoms with Crippen molar-refractivity contribution >= 4 is 23.4 Å². The van der Waals surface area contributed by atoms with E-state index in [1.807, 2.05) is 30.3 Å². The minimum Gasteiger partial charge on any atom is -0.456 e. The zero-order chi connectivity index (χ0) is 26.0. The fourth-order valence-electron chi connectivity index (χ4n) is 4.01. The first-order valence-corrected chi connectivity index (χ1v) is 12.9. The lowest BCUT2D eigenvalue weighted by molar-refractivity contribution is 0.0991. The number of hydrogen-bond donors (Lipinski definition) is 1. The van der Waals surface area contributed by atoms with E-state index in [4.69, 9.17) is 4.74 Å². The van der Waals surface area contributed by atoms with E-state index in [-0.39, 0.29) is 23.2 Å². The number of nitrogens with one attached hydrogen (secondary N) is 1. The van der Waals surface area contributed by atoms with E-state index in [9.17, 15) is 14.0 Å². The number of ether oxygens (including phenoxy) is 1. The Labute approximate surface area is 218 Å². The first-order valence-electron chi connectivity index (χ1n) is 11.9. The molecule has 1 N–H and O–H groups in total. The van der Waals surface area contributed by atoms with Gasteiger partial charge in [-0.05, 0) is 59.5 Å². The number of fused-ring (bicyclic) bond motifs is 1. The SMILES string of the molecule is CC1(C)CNc2nccc(Oc3ccc(CC(=O)c4cccn(-c5ccc(F)cc5)c4=O)cc3)c2SC1. The monoisotopic (exact) mass is 515 g/mol. The zero-order valence-corrected chi connectivity index (χ0v) is 21.3. The molecule has 1 aliphatic rings. The molecule has 0 aliphatic carbocycles. The summed E-state index contributed by atoms with van der Waals surface area (Å²) >= 11 is 1.73. The molecule has 3 heterocycles. The maximum absolute atomic E-state index is 13.3. The summed E-state index contributed by atoms with van der Waals surface area (Å²) in [5.74, 6) is 2.46. The zero-order valence-electron chi connectivity index (χ0n) is 20.5. The molecule has 2 aromatic heterocycles. The molecule has 0 spiro atoms. The summed E-state index contributed by atoms with van der Waals surface area (Å²) < 4.78 is 20.8. The number of nitrogens with zero attached hydrogens (tertiary/aromatic N) is 2. The molecule has 8 heteroatoms. The minimum atomic E-state index is -0.438. The number of hydrogen-bond acceptors (Lipinski definition) is 6. The lowest BCUT2D eigenvalue weighted by Gasteiger charge is -2.20. The van der Waals surface area contributed by atoms with Gasteiger partial charge in [0.15, 0.2) is 5.78 Å². The second-order valence-electron chi connectivity index (χ2n) is 9.71. The van der Waals surface area contributed by atoms with Crippen LogP contribution in [0.5, 0.6) is 11.5 Å². The summed E-state index contributed by atoms with van der Waals surface area (Å²) in [4.78, 5) is 31.4. The number of carbonyl (C=O) groups excluding carboxylic acids is 1. The number of rotatable bonds is 6. The van der Waals surface area contributed by atoms with Crippen molar-refractivity contribution < 1.29 is 13.9 Å². The lowest BCUT2D eigenvalue weighted by atomic mass is 9.97. The Bertz CT molecular complexity index is 1500. The molecule has 4 aromatic rings. The minimum absolute atomic E-state index is 0.0719. The van der Waals surface area contributed by atoms with E-state index in [0.717, 1.165) is 34.3 Å². The molecule has 5 rings (SSSR count). The molecule has 0 fully saturated rings. The van der Waals surface area contributed by atoms with Gasteiger partial charge in [-0.3, -0.25) is 14.2 Å². The van der Waals surface area contributed by atoms with Crippen LogP contribution in [0.1, 0.15) is 29.8 Å². The van der Waals surface area contributed by atoms with Crippen LogP contribution >= 0.6 is 11.8 Å². The van der Waals surface area contributed by atoms with Gasteiger partial charge in [-0.25, -0.2) is 9.37 Å². The molecule has 188 valence electrons.